The summed E-state index contributed by atoms with van der Waals surface area (Å²) in [6, 6.07) is 9.23. The van der Waals surface area contributed by atoms with Crippen LogP contribution in [0.4, 0.5) is 5.82 Å². The molecule has 10 heteroatoms. The topological polar surface area (TPSA) is 98.1 Å². The Balaban J connectivity index is 1.53. The lowest BCUT2D eigenvalue weighted by Gasteiger charge is -2.34. The summed E-state index contributed by atoms with van der Waals surface area (Å²) in [6.07, 6.45) is 6.93. The molecule has 0 aliphatic carbocycles. The van der Waals surface area contributed by atoms with E-state index in [4.69, 9.17) is 16.3 Å². The van der Waals surface area contributed by atoms with Crippen molar-refractivity contribution in [2.24, 2.45) is 0 Å². The van der Waals surface area contributed by atoms with E-state index < -0.39 is 0 Å². The third-order valence-electron chi connectivity index (χ3n) is 6.15. The van der Waals surface area contributed by atoms with Gasteiger partial charge in [-0.3, -0.25) is 9.69 Å². The minimum atomic E-state index is -0.147. The fourth-order valence-corrected chi connectivity index (χ4v) is 4.82. The molecule has 0 spiro atoms. The molecule has 1 atom stereocenters. The van der Waals surface area contributed by atoms with Gasteiger partial charge in [0.25, 0.3) is 5.91 Å². The molecule has 1 fully saturated rings. The number of fused-ring (bicyclic) bond motifs is 1. The van der Waals surface area contributed by atoms with Crippen LogP contribution in [0, 0.1) is 6.92 Å². The number of aryl methyl sites for hydroxylation is 1. The first-order chi connectivity index (χ1) is 17.0. The highest BCUT2D eigenvalue weighted by molar-refractivity contribution is 6.31. The van der Waals surface area contributed by atoms with Gasteiger partial charge in [-0.2, -0.15) is 0 Å². The summed E-state index contributed by atoms with van der Waals surface area (Å²) in [7, 11) is 1.60. The highest BCUT2D eigenvalue weighted by Crippen LogP contribution is 2.33. The maximum Gasteiger partial charge on any atom is 0.261 e. The Hall–Kier alpha value is -3.40. The van der Waals surface area contributed by atoms with E-state index >= 15 is 0 Å². The number of nitrogens with one attached hydrogen (secondary N) is 1. The van der Waals surface area contributed by atoms with Crippen LogP contribution in [0.5, 0.6) is 0 Å². The molecule has 1 amide bonds. The SMILES string of the molecule is COCc1cn(-c2ccc(C(=O)N(c3nccc4cc(Cl)cc(C)c34)[C@@H]3CCCNC3)cn2)nn1. The summed E-state index contributed by atoms with van der Waals surface area (Å²) in [6.45, 7) is 4.00. The van der Waals surface area contributed by atoms with Crippen LogP contribution in [0.3, 0.4) is 0 Å². The standard InChI is InChI=1S/C25H26ClN7O2/c1-16-10-19(26)11-17-7-9-28-24(23(16)17)33(21-4-3-8-27-13-21)25(34)18-5-6-22(29-12-18)32-14-20(15-35-2)30-31-32/h5-7,9-12,14,21,27H,3-4,8,13,15H2,1-2H3/t21-/m1/s1. The van der Waals surface area contributed by atoms with Crippen LogP contribution in [-0.4, -0.2) is 57.1 Å². The van der Waals surface area contributed by atoms with Gasteiger partial charge < -0.3 is 10.1 Å². The molecule has 4 aromatic rings. The lowest BCUT2D eigenvalue weighted by Crippen LogP contribution is -2.49. The Morgan fingerprint density at radius 2 is 2.17 bits per heavy atom. The molecule has 1 aliphatic rings. The second kappa shape index (κ2) is 10.1. The first kappa shape index (κ1) is 23.3. The molecule has 1 aliphatic heterocycles. The fraction of sp³-hybridized carbons (Fsp3) is 0.320. The van der Waals surface area contributed by atoms with Crippen LogP contribution in [-0.2, 0) is 11.3 Å². The maximum absolute atomic E-state index is 13.9. The average Bonchev–Trinajstić information content (AvgIpc) is 3.33. The number of benzene rings is 1. The zero-order valence-electron chi connectivity index (χ0n) is 19.6. The summed E-state index contributed by atoms with van der Waals surface area (Å²) in [5, 5.41) is 14.1. The van der Waals surface area contributed by atoms with Gasteiger partial charge in [-0.15, -0.1) is 5.10 Å². The number of hydrogen-bond acceptors (Lipinski definition) is 7. The minimum absolute atomic E-state index is 0.0315. The number of amides is 1. The van der Waals surface area contributed by atoms with Gasteiger partial charge in [0, 0.05) is 36.5 Å². The van der Waals surface area contributed by atoms with Crippen molar-refractivity contribution in [1.82, 2.24) is 30.3 Å². The van der Waals surface area contributed by atoms with Gasteiger partial charge in [-0.1, -0.05) is 16.8 Å². The molecule has 35 heavy (non-hydrogen) atoms. The second-order valence-corrected chi connectivity index (χ2v) is 9.06. The second-order valence-electron chi connectivity index (χ2n) is 8.62. The van der Waals surface area contributed by atoms with Crippen molar-refractivity contribution in [2.45, 2.75) is 32.4 Å². The summed E-state index contributed by atoms with van der Waals surface area (Å²) >= 11 is 6.31. The molecule has 3 aromatic heterocycles. The fourth-order valence-electron chi connectivity index (χ4n) is 4.54. The highest BCUT2D eigenvalue weighted by Gasteiger charge is 2.30. The molecule has 1 saturated heterocycles. The van der Waals surface area contributed by atoms with Gasteiger partial charge in [0.2, 0.25) is 0 Å². The number of rotatable bonds is 6. The number of halogens is 1. The predicted molar refractivity (Wildman–Crippen MR) is 134 cm³/mol. The molecule has 5 rings (SSSR count). The van der Waals surface area contributed by atoms with E-state index in [9.17, 15) is 4.79 Å². The number of ether oxygens (including phenoxy) is 1. The third-order valence-corrected chi connectivity index (χ3v) is 6.37. The van der Waals surface area contributed by atoms with Gasteiger partial charge in [0.1, 0.15) is 11.5 Å². The van der Waals surface area contributed by atoms with Crippen LogP contribution >= 0.6 is 11.6 Å². The van der Waals surface area contributed by atoms with Gasteiger partial charge in [-0.25, -0.2) is 14.6 Å². The Bertz CT molecular complexity index is 1350. The van der Waals surface area contributed by atoms with E-state index in [1.165, 1.54) is 0 Å². The number of aromatic nitrogens is 5. The van der Waals surface area contributed by atoms with Crippen molar-refractivity contribution in [3.05, 3.63) is 70.8 Å². The quantitative estimate of drug-likeness (QED) is 0.439. The summed E-state index contributed by atoms with van der Waals surface area (Å²) in [5.74, 6) is 1.06. The maximum atomic E-state index is 13.9. The molecule has 0 radical (unpaired) electrons. The number of nitrogens with zero attached hydrogens (tertiary/aromatic N) is 6. The summed E-state index contributed by atoms with van der Waals surface area (Å²) in [5.41, 5.74) is 2.15. The molecule has 0 bridgehead atoms. The molecule has 9 nitrogen and oxygen atoms in total. The zero-order valence-corrected chi connectivity index (χ0v) is 20.4. The van der Waals surface area contributed by atoms with Crippen LogP contribution < -0.4 is 10.2 Å². The molecule has 180 valence electrons. The third kappa shape index (κ3) is 4.75. The van der Waals surface area contributed by atoms with E-state index in [1.54, 1.807) is 42.5 Å². The summed E-state index contributed by atoms with van der Waals surface area (Å²) < 4.78 is 6.65. The predicted octanol–water partition coefficient (Wildman–Crippen LogP) is 3.72. The van der Waals surface area contributed by atoms with Crippen LogP contribution in [0.25, 0.3) is 16.6 Å². The number of anilines is 1. The normalized spacial score (nSPS) is 15.9. The van der Waals surface area contributed by atoms with Gasteiger partial charge in [0.05, 0.1) is 24.4 Å². The van der Waals surface area contributed by atoms with Crippen molar-refractivity contribution >= 4 is 34.1 Å². The van der Waals surface area contributed by atoms with Gasteiger partial charge in [0.15, 0.2) is 5.82 Å². The first-order valence-corrected chi connectivity index (χ1v) is 11.9. The highest BCUT2D eigenvalue weighted by atomic mass is 35.5. The van der Waals surface area contributed by atoms with E-state index in [-0.39, 0.29) is 11.9 Å². The van der Waals surface area contributed by atoms with Gasteiger partial charge in [-0.05, 0) is 67.6 Å². The number of carbonyl (C=O) groups is 1. The Kier molecular flexibility index (Phi) is 6.72. The van der Waals surface area contributed by atoms with E-state index in [1.807, 2.05) is 30.0 Å². The van der Waals surface area contributed by atoms with E-state index in [0.717, 1.165) is 35.7 Å². The Labute approximate surface area is 208 Å². The number of hydrogen-bond donors (Lipinski definition) is 1. The zero-order chi connectivity index (χ0) is 24.4. The Morgan fingerprint density at radius 3 is 2.91 bits per heavy atom. The van der Waals surface area contributed by atoms with Crippen molar-refractivity contribution in [2.75, 3.05) is 25.1 Å². The van der Waals surface area contributed by atoms with Crippen LogP contribution in [0.2, 0.25) is 5.02 Å². The van der Waals surface area contributed by atoms with Crippen molar-refractivity contribution < 1.29 is 9.53 Å². The smallest absolute Gasteiger partial charge is 0.261 e. The lowest BCUT2D eigenvalue weighted by molar-refractivity contribution is 0.0971. The van der Waals surface area contributed by atoms with Gasteiger partial charge >= 0.3 is 0 Å². The molecule has 0 unspecified atom stereocenters. The number of pyridine rings is 2. The number of carbonyl (C=O) groups excluding carboxylic acids is 1. The molecular weight excluding hydrogens is 466 g/mol. The first-order valence-electron chi connectivity index (χ1n) is 11.5. The van der Waals surface area contributed by atoms with E-state index in [2.05, 4.69) is 25.6 Å². The number of piperidine rings is 1. The molecule has 0 saturated carbocycles. The summed E-state index contributed by atoms with van der Waals surface area (Å²) in [4.78, 5) is 24.9. The monoisotopic (exact) mass is 491 g/mol. The minimum Gasteiger partial charge on any atom is -0.378 e. The van der Waals surface area contributed by atoms with Crippen LogP contribution in [0.1, 0.15) is 34.5 Å². The lowest BCUT2D eigenvalue weighted by atomic mass is 10.0. The molecular formula is C25H26ClN7O2. The average molecular weight is 492 g/mol. The Morgan fingerprint density at radius 1 is 1.29 bits per heavy atom. The molecule has 1 aromatic carbocycles. The molecule has 4 heterocycles. The largest absolute Gasteiger partial charge is 0.378 e. The van der Waals surface area contributed by atoms with Crippen molar-refractivity contribution in [3.63, 3.8) is 0 Å². The van der Waals surface area contributed by atoms with Crippen LogP contribution in [0.15, 0.2) is 48.9 Å². The van der Waals surface area contributed by atoms with E-state index in [0.29, 0.717) is 41.1 Å². The van der Waals surface area contributed by atoms with Crippen molar-refractivity contribution in [1.29, 1.82) is 0 Å². The number of methoxy groups -OCH3 is 1. The molecule has 1 N–H and O–H groups in total. The van der Waals surface area contributed by atoms with Crippen molar-refractivity contribution in [3.8, 4) is 5.82 Å².